The summed E-state index contributed by atoms with van der Waals surface area (Å²) in [5, 5.41) is 0. The average Bonchev–Trinajstić information content (AvgIpc) is 3.15. The summed E-state index contributed by atoms with van der Waals surface area (Å²) in [6, 6.07) is 15.7. The van der Waals surface area contributed by atoms with Crippen molar-refractivity contribution >= 4 is 11.0 Å². The molecule has 0 spiro atoms. The van der Waals surface area contributed by atoms with Crippen LogP contribution in [-0.2, 0) is 0 Å². The smallest absolute Gasteiger partial charge is 0.0892 e. The second kappa shape index (κ2) is 6.09. The SMILES string of the molecule is CC(c1cccc(-c2ccc3nccnc3c2)c1)N1CCCC1. The summed E-state index contributed by atoms with van der Waals surface area (Å²) < 4.78 is 0. The maximum absolute atomic E-state index is 4.42. The lowest BCUT2D eigenvalue weighted by Crippen LogP contribution is -2.23. The van der Waals surface area contributed by atoms with E-state index in [2.05, 4.69) is 58.2 Å². The molecule has 1 aliphatic heterocycles. The minimum atomic E-state index is 0.484. The van der Waals surface area contributed by atoms with Gasteiger partial charge in [0.15, 0.2) is 0 Å². The van der Waals surface area contributed by atoms with Crippen LogP contribution < -0.4 is 0 Å². The van der Waals surface area contributed by atoms with Crippen LogP contribution in [0.15, 0.2) is 54.9 Å². The van der Waals surface area contributed by atoms with Crippen LogP contribution in [0.4, 0.5) is 0 Å². The molecule has 0 N–H and O–H groups in total. The first kappa shape index (κ1) is 14.3. The van der Waals surface area contributed by atoms with Crippen molar-refractivity contribution in [3.05, 3.63) is 60.4 Å². The molecule has 1 fully saturated rings. The zero-order valence-corrected chi connectivity index (χ0v) is 13.4. The number of likely N-dealkylation sites (tertiary alicyclic amines) is 1. The quantitative estimate of drug-likeness (QED) is 0.715. The molecule has 1 saturated heterocycles. The zero-order valence-electron chi connectivity index (χ0n) is 13.4. The van der Waals surface area contributed by atoms with Crippen molar-refractivity contribution in [1.82, 2.24) is 14.9 Å². The molecule has 2 heterocycles. The third-order valence-corrected chi connectivity index (χ3v) is 4.86. The van der Waals surface area contributed by atoms with Gasteiger partial charge in [-0.1, -0.05) is 24.3 Å². The number of nitrogens with zero attached hydrogens (tertiary/aromatic N) is 3. The van der Waals surface area contributed by atoms with Crippen molar-refractivity contribution in [2.75, 3.05) is 13.1 Å². The number of rotatable bonds is 3. The summed E-state index contributed by atoms with van der Waals surface area (Å²) in [4.78, 5) is 11.3. The van der Waals surface area contributed by atoms with Crippen molar-refractivity contribution in [2.24, 2.45) is 0 Å². The van der Waals surface area contributed by atoms with E-state index in [-0.39, 0.29) is 0 Å². The first-order chi connectivity index (χ1) is 11.3. The number of hydrogen-bond acceptors (Lipinski definition) is 3. The van der Waals surface area contributed by atoms with Gasteiger partial charge in [0.25, 0.3) is 0 Å². The predicted molar refractivity (Wildman–Crippen MR) is 94.2 cm³/mol. The first-order valence-electron chi connectivity index (χ1n) is 8.36. The fourth-order valence-electron chi connectivity index (χ4n) is 3.46. The highest BCUT2D eigenvalue weighted by molar-refractivity contribution is 5.81. The van der Waals surface area contributed by atoms with Gasteiger partial charge in [0.1, 0.15) is 0 Å². The Morgan fingerprint density at radius 3 is 2.43 bits per heavy atom. The molecule has 3 aromatic rings. The van der Waals surface area contributed by atoms with Gasteiger partial charge in [-0.15, -0.1) is 0 Å². The summed E-state index contributed by atoms with van der Waals surface area (Å²) in [7, 11) is 0. The minimum Gasteiger partial charge on any atom is -0.297 e. The maximum atomic E-state index is 4.42. The molecule has 2 aromatic carbocycles. The van der Waals surface area contributed by atoms with Crippen molar-refractivity contribution < 1.29 is 0 Å². The Morgan fingerprint density at radius 2 is 1.61 bits per heavy atom. The van der Waals surface area contributed by atoms with Gasteiger partial charge < -0.3 is 0 Å². The maximum Gasteiger partial charge on any atom is 0.0892 e. The van der Waals surface area contributed by atoms with E-state index >= 15 is 0 Å². The molecule has 1 aromatic heterocycles. The van der Waals surface area contributed by atoms with Crippen LogP contribution in [0.3, 0.4) is 0 Å². The molecule has 0 radical (unpaired) electrons. The Labute approximate surface area is 137 Å². The molecule has 116 valence electrons. The van der Waals surface area contributed by atoms with Crippen LogP contribution in [0.5, 0.6) is 0 Å². The van der Waals surface area contributed by atoms with E-state index in [1.54, 1.807) is 12.4 Å². The molecule has 0 bridgehead atoms. The van der Waals surface area contributed by atoms with E-state index in [4.69, 9.17) is 0 Å². The van der Waals surface area contributed by atoms with E-state index in [1.165, 1.54) is 42.6 Å². The lowest BCUT2D eigenvalue weighted by Gasteiger charge is -2.24. The fraction of sp³-hybridized carbons (Fsp3) is 0.300. The summed E-state index contributed by atoms with van der Waals surface area (Å²) in [6.07, 6.45) is 6.14. The van der Waals surface area contributed by atoms with Crippen LogP contribution >= 0.6 is 0 Å². The van der Waals surface area contributed by atoms with Crippen molar-refractivity contribution in [1.29, 1.82) is 0 Å². The molecular formula is C20H21N3. The van der Waals surface area contributed by atoms with Crippen LogP contribution in [-0.4, -0.2) is 28.0 Å². The van der Waals surface area contributed by atoms with Gasteiger partial charge in [-0.3, -0.25) is 14.9 Å². The van der Waals surface area contributed by atoms with Gasteiger partial charge in [-0.05, 0) is 67.7 Å². The topological polar surface area (TPSA) is 29.0 Å². The number of aromatic nitrogens is 2. The summed E-state index contributed by atoms with van der Waals surface area (Å²) >= 11 is 0. The van der Waals surface area contributed by atoms with E-state index in [9.17, 15) is 0 Å². The van der Waals surface area contributed by atoms with Gasteiger partial charge >= 0.3 is 0 Å². The minimum absolute atomic E-state index is 0.484. The van der Waals surface area contributed by atoms with E-state index < -0.39 is 0 Å². The Bertz CT molecular complexity index is 822. The zero-order chi connectivity index (χ0) is 15.6. The lowest BCUT2D eigenvalue weighted by atomic mass is 9.99. The Kier molecular flexibility index (Phi) is 3.80. The molecule has 23 heavy (non-hydrogen) atoms. The molecule has 1 atom stereocenters. The standard InChI is InChI=1S/C20H21N3/c1-15(23-11-2-3-12-23)16-5-4-6-17(13-16)18-7-8-19-20(14-18)22-10-9-21-19/h4-10,13-15H,2-3,11-12H2,1H3. The van der Waals surface area contributed by atoms with Gasteiger partial charge in [-0.2, -0.15) is 0 Å². The summed E-state index contributed by atoms with van der Waals surface area (Å²) in [5.74, 6) is 0. The van der Waals surface area contributed by atoms with Gasteiger partial charge in [0.05, 0.1) is 11.0 Å². The molecular weight excluding hydrogens is 282 g/mol. The largest absolute Gasteiger partial charge is 0.297 e. The van der Waals surface area contributed by atoms with Crippen molar-refractivity contribution in [3.63, 3.8) is 0 Å². The highest BCUT2D eigenvalue weighted by Gasteiger charge is 2.19. The van der Waals surface area contributed by atoms with Crippen LogP contribution in [0, 0.1) is 0 Å². The highest BCUT2D eigenvalue weighted by Crippen LogP contribution is 2.29. The second-order valence-corrected chi connectivity index (χ2v) is 6.30. The Hall–Kier alpha value is -2.26. The normalized spacial score (nSPS) is 16.7. The van der Waals surface area contributed by atoms with Crippen molar-refractivity contribution in [3.8, 4) is 11.1 Å². The molecule has 0 aliphatic carbocycles. The van der Waals surface area contributed by atoms with Gasteiger partial charge in [0, 0.05) is 18.4 Å². The Morgan fingerprint density at radius 1 is 0.870 bits per heavy atom. The molecule has 0 saturated carbocycles. The second-order valence-electron chi connectivity index (χ2n) is 6.30. The van der Waals surface area contributed by atoms with Crippen LogP contribution in [0.2, 0.25) is 0 Å². The van der Waals surface area contributed by atoms with Gasteiger partial charge in [-0.25, -0.2) is 0 Å². The molecule has 4 rings (SSSR count). The van der Waals surface area contributed by atoms with Crippen LogP contribution in [0.25, 0.3) is 22.2 Å². The number of hydrogen-bond donors (Lipinski definition) is 0. The molecule has 0 amide bonds. The van der Waals surface area contributed by atoms with Crippen molar-refractivity contribution in [2.45, 2.75) is 25.8 Å². The third-order valence-electron chi connectivity index (χ3n) is 4.86. The predicted octanol–water partition coefficient (Wildman–Crippen LogP) is 4.45. The summed E-state index contributed by atoms with van der Waals surface area (Å²) in [5.41, 5.74) is 5.74. The number of fused-ring (bicyclic) bond motifs is 1. The molecule has 1 aliphatic rings. The van der Waals surface area contributed by atoms with Gasteiger partial charge in [0.2, 0.25) is 0 Å². The monoisotopic (exact) mass is 303 g/mol. The highest BCUT2D eigenvalue weighted by atomic mass is 15.2. The number of benzene rings is 2. The molecule has 3 heteroatoms. The fourth-order valence-corrected chi connectivity index (χ4v) is 3.46. The Balaban J connectivity index is 1.69. The van der Waals surface area contributed by atoms with Crippen LogP contribution in [0.1, 0.15) is 31.4 Å². The average molecular weight is 303 g/mol. The van der Waals surface area contributed by atoms with E-state index in [0.717, 1.165) is 11.0 Å². The molecule has 1 unspecified atom stereocenters. The lowest BCUT2D eigenvalue weighted by molar-refractivity contribution is 0.263. The summed E-state index contributed by atoms with van der Waals surface area (Å²) in [6.45, 7) is 4.75. The first-order valence-corrected chi connectivity index (χ1v) is 8.36. The molecule has 3 nitrogen and oxygen atoms in total. The van der Waals surface area contributed by atoms with E-state index in [0.29, 0.717) is 6.04 Å². The third kappa shape index (κ3) is 2.84. The van der Waals surface area contributed by atoms with E-state index in [1.807, 2.05) is 6.07 Å².